The van der Waals surface area contributed by atoms with Crippen LogP contribution in [0.15, 0.2) is 24.3 Å². The lowest BCUT2D eigenvalue weighted by molar-refractivity contribution is -0.141. The summed E-state index contributed by atoms with van der Waals surface area (Å²) in [6, 6.07) is 7.21. The topological polar surface area (TPSA) is 54.4 Å². The molecule has 0 bridgehead atoms. The highest BCUT2D eigenvalue weighted by Crippen LogP contribution is 2.25. The number of hydrogen-bond donors (Lipinski definition) is 1. The summed E-state index contributed by atoms with van der Waals surface area (Å²) in [5.41, 5.74) is 1.54. The van der Waals surface area contributed by atoms with Gasteiger partial charge in [-0.2, -0.15) is 0 Å². The molecule has 1 unspecified atom stereocenters. The van der Waals surface area contributed by atoms with Gasteiger partial charge in [0.15, 0.2) is 5.78 Å². The number of carbonyl (C=O) groups is 2. The van der Waals surface area contributed by atoms with Gasteiger partial charge in [0.05, 0.1) is 5.92 Å². The lowest BCUT2D eigenvalue weighted by Crippen LogP contribution is -2.26. The first-order chi connectivity index (χ1) is 7.68. The predicted octanol–water partition coefficient (Wildman–Crippen LogP) is 2.54. The molecule has 0 amide bonds. The van der Waals surface area contributed by atoms with Crippen LogP contribution in [0.1, 0.15) is 36.2 Å². The maximum atomic E-state index is 11.5. The molecule has 0 aromatic heterocycles. The molecule has 3 nitrogen and oxygen atoms in total. The Kier molecular flexibility index (Phi) is 4.23. The molecule has 1 aliphatic carbocycles. The highest BCUT2D eigenvalue weighted by molar-refractivity contribution is 6.00. The smallest absolute Gasteiger partial charge is 0.307 e. The molecule has 0 spiro atoms. The molecule has 0 aliphatic heterocycles. The van der Waals surface area contributed by atoms with Gasteiger partial charge in [-0.05, 0) is 12.0 Å². The highest BCUT2D eigenvalue weighted by atomic mass is 16.4. The fraction of sp³-hybridized carbons (Fsp3) is 0.385. The standard InChI is InChI=1S/C11H10O3.C2H6/c12-10-6-8(11(13)14)5-7-3-1-2-4-9(7)10;1-2/h1-4,8H,5-6H2,(H,13,14);1-2H3. The number of fused-ring (bicyclic) bond motifs is 1. The van der Waals surface area contributed by atoms with Crippen molar-refractivity contribution in [1.29, 1.82) is 0 Å². The number of hydrogen-bond acceptors (Lipinski definition) is 2. The van der Waals surface area contributed by atoms with Gasteiger partial charge in [0.2, 0.25) is 0 Å². The van der Waals surface area contributed by atoms with Crippen molar-refractivity contribution in [3.8, 4) is 0 Å². The molecular weight excluding hydrogens is 204 g/mol. The second-order valence-electron chi connectivity index (χ2n) is 3.52. The normalized spacial score (nSPS) is 18.1. The molecule has 1 aromatic rings. The zero-order chi connectivity index (χ0) is 12.1. The van der Waals surface area contributed by atoms with Crippen LogP contribution in [0.25, 0.3) is 0 Å². The van der Waals surface area contributed by atoms with Gasteiger partial charge < -0.3 is 5.11 Å². The van der Waals surface area contributed by atoms with E-state index in [1.165, 1.54) is 0 Å². The molecular formula is C13H16O3. The van der Waals surface area contributed by atoms with Crippen molar-refractivity contribution >= 4 is 11.8 Å². The van der Waals surface area contributed by atoms with E-state index in [4.69, 9.17) is 5.11 Å². The van der Waals surface area contributed by atoms with Crippen LogP contribution < -0.4 is 0 Å². The van der Waals surface area contributed by atoms with Crippen LogP contribution in [-0.2, 0) is 11.2 Å². The van der Waals surface area contributed by atoms with Crippen LogP contribution in [0.5, 0.6) is 0 Å². The van der Waals surface area contributed by atoms with Gasteiger partial charge in [-0.1, -0.05) is 38.1 Å². The Morgan fingerprint density at radius 3 is 2.50 bits per heavy atom. The predicted molar refractivity (Wildman–Crippen MR) is 61.6 cm³/mol. The van der Waals surface area contributed by atoms with Gasteiger partial charge in [0.1, 0.15) is 0 Å². The molecule has 1 atom stereocenters. The first kappa shape index (κ1) is 12.4. The van der Waals surface area contributed by atoms with Gasteiger partial charge >= 0.3 is 5.97 Å². The minimum absolute atomic E-state index is 0.0562. The number of carbonyl (C=O) groups excluding carboxylic acids is 1. The van der Waals surface area contributed by atoms with Gasteiger partial charge in [0, 0.05) is 12.0 Å². The van der Waals surface area contributed by atoms with Crippen molar-refractivity contribution in [3.05, 3.63) is 35.4 Å². The number of carboxylic acid groups (broad SMARTS) is 1. The lowest BCUT2D eigenvalue weighted by Gasteiger charge is -2.19. The van der Waals surface area contributed by atoms with E-state index in [2.05, 4.69) is 0 Å². The van der Waals surface area contributed by atoms with E-state index in [0.717, 1.165) is 5.56 Å². The van der Waals surface area contributed by atoms with Crippen molar-refractivity contribution in [2.75, 3.05) is 0 Å². The molecule has 0 heterocycles. The Balaban J connectivity index is 0.000000606. The molecule has 1 aromatic carbocycles. The third-order valence-electron chi connectivity index (χ3n) is 2.57. The van der Waals surface area contributed by atoms with Crippen molar-refractivity contribution < 1.29 is 14.7 Å². The van der Waals surface area contributed by atoms with Crippen molar-refractivity contribution in [1.82, 2.24) is 0 Å². The van der Waals surface area contributed by atoms with Gasteiger partial charge in [0.25, 0.3) is 0 Å². The Labute approximate surface area is 95.1 Å². The average Bonchev–Trinajstić information content (AvgIpc) is 2.31. The van der Waals surface area contributed by atoms with Crippen LogP contribution in [0.3, 0.4) is 0 Å². The Morgan fingerprint density at radius 1 is 1.25 bits per heavy atom. The molecule has 0 saturated carbocycles. The number of benzene rings is 1. The first-order valence-electron chi connectivity index (χ1n) is 5.52. The second kappa shape index (κ2) is 5.45. The molecule has 16 heavy (non-hydrogen) atoms. The van der Waals surface area contributed by atoms with Crippen LogP contribution in [-0.4, -0.2) is 16.9 Å². The van der Waals surface area contributed by atoms with Crippen LogP contribution in [0, 0.1) is 5.92 Å². The maximum Gasteiger partial charge on any atom is 0.307 e. The van der Waals surface area contributed by atoms with Crippen molar-refractivity contribution in [3.63, 3.8) is 0 Å². The van der Waals surface area contributed by atoms with E-state index in [9.17, 15) is 9.59 Å². The summed E-state index contributed by atoms with van der Waals surface area (Å²) in [5.74, 6) is -1.48. The van der Waals surface area contributed by atoms with E-state index >= 15 is 0 Å². The van der Waals surface area contributed by atoms with E-state index in [1.54, 1.807) is 12.1 Å². The van der Waals surface area contributed by atoms with E-state index < -0.39 is 11.9 Å². The number of Topliss-reactive ketones (excluding diaryl/α,β-unsaturated/α-hetero) is 1. The van der Waals surface area contributed by atoms with Gasteiger partial charge in [-0.25, -0.2) is 0 Å². The number of carboxylic acids is 1. The lowest BCUT2D eigenvalue weighted by atomic mass is 9.83. The Hall–Kier alpha value is -1.64. The molecule has 1 N–H and O–H groups in total. The average molecular weight is 220 g/mol. The van der Waals surface area contributed by atoms with Crippen molar-refractivity contribution in [2.45, 2.75) is 26.7 Å². The molecule has 3 heteroatoms. The summed E-state index contributed by atoms with van der Waals surface area (Å²) in [5, 5.41) is 8.83. The molecule has 1 aliphatic rings. The zero-order valence-electron chi connectivity index (χ0n) is 9.56. The molecule has 86 valence electrons. The summed E-state index contributed by atoms with van der Waals surface area (Å²) in [7, 11) is 0. The number of rotatable bonds is 1. The van der Waals surface area contributed by atoms with Crippen LogP contribution in [0.4, 0.5) is 0 Å². The number of ketones is 1. The van der Waals surface area contributed by atoms with E-state index in [1.807, 2.05) is 26.0 Å². The Morgan fingerprint density at radius 2 is 1.88 bits per heavy atom. The summed E-state index contributed by atoms with van der Waals surface area (Å²) >= 11 is 0. The van der Waals surface area contributed by atoms with Crippen LogP contribution >= 0.6 is 0 Å². The maximum absolute atomic E-state index is 11.5. The van der Waals surface area contributed by atoms with Gasteiger partial charge in [-0.15, -0.1) is 0 Å². The number of aliphatic carboxylic acids is 1. The summed E-state index contributed by atoms with van der Waals surface area (Å²) in [6.07, 6.45) is 0.601. The van der Waals surface area contributed by atoms with E-state index in [0.29, 0.717) is 12.0 Å². The summed E-state index contributed by atoms with van der Waals surface area (Å²) < 4.78 is 0. The SMILES string of the molecule is CC.O=C1CC(C(=O)O)Cc2ccccc21. The first-order valence-corrected chi connectivity index (χ1v) is 5.52. The molecule has 0 fully saturated rings. The monoisotopic (exact) mass is 220 g/mol. The van der Waals surface area contributed by atoms with Gasteiger partial charge in [-0.3, -0.25) is 9.59 Å². The Bertz CT molecular complexity index is 396. The fourth-order valence-electron chi connectivity index (χ4n) is 1.82. The summed E-state index contributed by atoms with van der Waals surface area (Å²) in [6.45, 7) is 4.00. The molecule has 0 saturated heterocycles. The highest BCUT2D eigenvalue weighted by Gasteiger charge is 2.28. The minimum Gasteiger partial charge on any atom is -0.481 e. The largest absolute Gasteiger partial charge is 0.481 e. The fourth-order valence-corrected chi connectivity index (χ4v) is 1.82. The molecule has 2 rings (SSSR count). The minimum atomic E-state index is -0.882. The van der Waals surface area contributed by atoms with Crippen LogP contribution in [0.2, 0.25) is 0 Å². The van der Waals surface area contributed by atoms with Crippen molar-refractivity contribution in [2.24, 2.45) is 5.92 Å². The third-order valence-corrected chi connectivity index (χ3v) is 2.57. The van der Waals surface area contributed by atoms with E-state index in [-0.39, 0.29) is 12.2 Å². The zero-order valence-corrected chi connectivity index (χ0v) is 9.56. The summed E-state index contributed by atoms with van der Waals surface area (Å²) in [4.78, 5) is 22.3. The quantitative estimate of drug-likeness (QED) is 0.791. The third kappa shape index (κ3) is 2.48. The molecule has 0 radical (unpaired) electrons. The second-order valence-corrected chi connectivity index (χ2v) is 3.52.